The summed E-state index contributed by atoms with van der Waals surface area (Å²) < 4.78 is 2.16. The quantitative estimate of drug-likeness (QED) is 0.387. The van der Waals surface area contributed by atoms with E-state index in [1.54, 1.807) is 0 Å². The van der Waals surface area contributed by atoms with E-state index in [-0.39, 0.29) is 6.04 Å². The SMILES string of the molecule is CCC(N=C/C=C/c1cn(C)c2ccccc12)c1ccc(N(C)N(C)C)c(C)c1. The summed E-state index contributed by atoms with van der Waals surface area (Å²) in [5.74, 6) is 0. The predicted molar refractivity (Wildman–Crippen MR) is 127 cm³/mol. The summed E-state index contributed by atoms with van der Waals surface area (Å²) in [6.07, 6.45) is 9.26. The van der Waals surface area contributed by atoms with Crippen LogP contribution in [0.3, 0.4) is 0 Å². The van der Waals surface area contributed by atoms with E-state index in [0.717, 1.165) is 6.42 Å². The fourth-order valence-electron chi connectivity index (χ4n) is 3.70. The Balaban J connectivity index is 1.76. The maximum Gasteiger partial charge on any atom is 0.0746 e. The first-order valence-electron chi connectivity index (χ1n) is 10.2. The summed E-state index contributed by atoms with van der Waals surface area (Å²) in [4.78, 5) is 4.82. The van der Waals surface area contributed by atoms with E-state index in [1.807, 2.05) is 12.3 Å². The van der Waals surface area contributed by atoms with Gasteiger partial charge >= 0.3 is 0 Å². The van der Waals surface area contributed by atoms with Crippen LogP contribution in [0.15, 0.2) is 59.7 Å². The van der Waals surface area contributed by atoms with Crippen LogP contribution in [-0.4, -0.2) is 36.9 Å². The number of hydrazine groups is 1. The number of fused-ring (bicyclic) bond motifs is 1. The number of benzene rings is 2. The van der Waals surface area contributed by atoms with Gasteiger partial charge in [-0.3, -0.25) is 4.99 Å². The van der Waals surface area contributed by atoms with Gasteiger partial charge in [0.1, 0.15) is 0 Å². The highest BCUT2D eigenvalue weighted by Crippen LogP contribution is 2.27. The highest BCUT2D eigenvalue weighted by Gasteiger charge is 2.11. The molecule has 0 amide bonds. The highest BCUT2D eigenvalue weighted by atomic mass is 15.6. The molecule has 2 aromatic carbocycles. The molecular weight excluding hydrogens is 356 g/mol. The third-order valence-electron chi connectivity index (χ3n) is 5.50. The average Bonchev–Trinajstić information content (AvgIpc) is 3.03. The molecule has 0 saturated carbocycles. The molecule has 0 spiro atoms. The summed E-state index contributed by atoms with van der Waals surface area (Å²) >= 11 is 0. The van der Waals surface area contributed by atoms with Gasteiger partial charge in [0, 0.05) is 57.1 Å². The third-order valence-corrected chi connectivity index (χ3v) is 5.50. The monoisotopic (exact) mass is 388 g/mol. The van der Waals surface area contributed by atoms with Crippen LogP contribution in [0.2, 0.25) is 0 Å². The number of nitrogens with zero attached hydrogens (tertiary/aromatic N) is 4. The number of aliphatic imine (C=N–C) groups is 1. The number of para-hydroxylation sites is 1. The van der Waals surface area contributed by atoms with Crippen molar-refractivity contribution in [2.24, 2.45) is 12.0 Å². The minimum absolute atomic E-state index is 0.171. The Bertz CT molecular complexity index is 1030. The van der Waals surface area contributed by atoms with Crippen molar-refractivity contribution < 1.29 is 0 Å². The Hall–Kier alpha value is -2.85. The molecule has 1 heterocycles. The minimum atomic E-state index is 0.171. The molecule has 29 heavy (non-hydrogen) atoms. The van der Waals surface area contributed by atoms with E-state index < -0.39 is 0 Å². The van der Waals surface area contributed by atoms with Crippen LogP contribution in [0.1, 0.15) is 36.1 Å². The normalized spacial score (nSPS) is 13.2. The van der Waals surface area contributed by atoms with E-state index in [2.05, 4.69) is 111 Å². The molecule has 0 aliphatic carbocycles. The van der Waals surface area contributed by atoms with Gasteiger partial charge in [-0.15, -0.1) is 0 Å². The maximum atomic E-state index is 4.82. The zero-order valence-corrected chi connectivity index (χ0v) is 18.4. The Morgan fingerprint density at radius 2 is 1.86 bits per heavy atom. The molecule has 0 saturated heterocycles. The molecule has 0 aliphatic rings. The van der Waals surface area contributed by atoms with Crippen LogP contribution in [0.4, 0.5) is 5.69 Å². The van der Waals surface area contributed by atoms with E-state index in [1.165, 1.54) is 33.3 Å². The highest BCUT2D eigenvalue weighted by molar-refractivity contribution is 5.92. The second kappa shape index (κ2) is 9.10. The van der Waals surface area contributed by atoms with Crippen LogP contribution in [0.5, 0.6) is 0 Å². The Labute approximate surface area is 174 Å². The first kappa shape index (κ1) is 20.9. The van der Waals surface area contributed by atoms with Crippen molar-refractivity contribution in [3.63, 3.8) is 0 Å². The van der Waals surface area contributed by atoms with Gasteiger partial charge in [-0.2, -0.15) is 0 Å². The Morgan fingerprint density at radius 1 is 1.10 bits per heavy atom. The molecule has 4 nitrogen and oxygen atoms in total. The van der Waals surface area contributed by atoms with Gasteiger partial charge in [0.2, 0.25) is 0 Å². The molecule has 0 radical (unpaired) electrons. The summed E-state index contributed by atoms with van der Waals surface area (Å²) in [6.45, 7) is 4.35. The van der Waals surface area contributed by atoms with E-state index in [0.29, 0.717) is 0 Å². The lowest BCUT2D eigenvalue weighted by molar-refractivity contribution is 0.396. The van der Waals surface area contributed by atoms with Crippen molar-refractivity contribution in [2.75, 3.05) is 26.2 Å². The molecule has 3 rings (SSSR count). The molecule has 1 aromatic heterocycles. The minimum Gasteiger partial charge on any atom is -0.350 e. The third kappa shape index (κ3) is 4.60. The van der Waals surface area contributed by atoms with Gasteiger partial charge < -0.3 is 9.58 Å². The number of aryl methyl sites for hydroxylation is 2. The van der Waals surface area contributed by atoms with E-state index in [9.17, 15) is 0 Å². The predicted octanol–water partition coefficient (Wildman–Crippen LogP) is 5.63. The molecule has 1 unspecified atom stereocenters. The first-order valence-corrected chi connectivity index (χ1v) is 10.2. The van der Waals surface area contributed by atoms with Gasteiger partial charge in [0.05, 0.1) is 11.7 Å². The number of allylic oxidation sites excluding steroid dienone is 1. The summed E-state index contributed by atoms with van der Waals surface area (Å²) in [5.41, 5.74) is 6.20. The van der Waals surface area contributed by atoms with Gasteiger partial charge in [-0.25, -0.2) is 5.01 Å². The van der Waals surface area contributed by atoms with Gasteiger partial charge in [-0.1, -0.05) is 43.3 Å². The molecule has 3 aromatic rings. The summed E-state index contributed by atoms with van der Waals surface area (Å²) in [5, 5.41) is 5.49. The zero-order chi connectivity index (χ0) is 21.0. The largest absolute Gasteiger partial charge is 0.350 e. The number of hydrogen-bond donors (Lipinski definition) is 0. The summed E-state index contributed by atoms with van der Waals surface area (Å²) in [6, 6.07) is 15.3. The van der Waals surface area contributed by atoms with Gasteiger partial charge in [0.25, 0.3) is 0 Å². The molecular formula is C25H32N4. The van der Waals surface area contributed by atoms with Crippen LogP contribution in [0.25, 0.3) is 17.0 Å². The molecule has 1 atom stereocenters. The van der Waals surface area contributed by atoms with Crippen LogP contribution in [-0.2, 0) is 7.05 Å². The fraction of sp³-hybridized carbons (Fsp3) is 0.320. The second-order valence-electron chi connectivity index (χ2n) is 7.71. The molecule has 4 heteroatoms. The van der Waals surface area contributed by atoms with Crippen molar-refractivity contribution in [2.45, 2.75) is 26.3 Å². The standard InChI is InChI=1S/C25H32N4/c1-7-23(20-14-15-24(19(2)17-20)29(6)27(3)4)26-16-10-11-21-18-28(5)25-13-9-8-12-22(21)25/h8-18,23H,7H2,1-6H3/b11-10+,26-16?. The maximum absolute atomic E-state index is 4.82. The first-order chi connectivity index (χ1) is 13.9. The van der Waals surface area contributed by atoms with Crippen LogP contribution >= 0.6 is 0 Å². The van der Waals surface area contributed by atoms with Crippen molar-refractivity contribution in [3.05, 3.63) is 71.4 Å². The molecule has 0 bridgehead atoms. The van der Waals surface area contributed by atoms with Crippen LogP contribution in [0, 0.1) is 6.92 Å². The number of aromatic nitrogens is 1. The smallest absolute Gasteiger partial charge is 0.0746 e. The Kier molecular flexibility index (Phi) is 6.55. The molecule has 0 aliphatic heterocycles. The van der Waals surface area contributed by atoms with Crippen LogP contribution < -0.4 is 5.01 Å². The van der Waals surface area contributed by atoms with E-state index in [4.69, 9.17) is 4.99 Å². The number of hydrogen-bond acceptors (Lipinski definition) is 3. The number of rotatable bonds is 7. The van der Waals surface area contributed by atoms with Crippen molar-refractivity contribution in [1.29, 1.82) is 0 Å². The van der Waals surface area contributed by atoms with Gasteiger partial charge in [0.15, 0.2) is 0 Å². The molecule has 152 valence electrons. The topological polar surface area (TPSA) is 23.8 Å². The average molecular weight is 389 g/mol. The summed E-state index contributed by atoms with van der Waals surface area (Å²) in [7, 11) is 8.26. The molecule has 0 fully saturated rings. The lowest BCUT2D eigenvalue weighted by Crippen LogP contribution is -2.33. The lowest BCUT2D eigenvalue weighted by Gasteiger charge is -2.28. The van der Waals surface area contributed by atoms with Crippen molar-refractivity contribution in [3.8, 4) is 0 Å². The zero-order valence-electron chi connectivity index (χ0n) is 18.4. The number of anilines is 1. The lowest BCUT2D eigenvalue weighted by atomic mass is 10.0. The second-order valence-corrected chi connectivity index (χ2v) is 7.71. The molecule has 0 N–H and O–H groups in total. The van der Waals surface area contributed by atoms with Crippen molar-refractivity contribution >= 4 is 28.9 Å². The Morgan fingerprint density at radius 3 is 2.55 bits per heavy atom. The van der Waals surface area contributed by atoms with Crippen molar-refractivity contribution in [1.82, 2.24) is 9.58 Å². The van der Waals surface area contributed by atoms with Gasteiger partial charge in [-0.05, 0) is 42.7 Å². The van der Waals surface area contributed by atoms with E-state index >= 15 is 0 Å². The fourth-order valence-corrected chi connectivity index (χ4v) is 3.70.